The van der Waals surface area contributed by atoms with Gasteiger partial charge in [-0.15, -0.1) is 0 Å². The molecule has 0 fully saturated rings. The molecule has 0 aliphatic rings. The standard InChI is InChI=1S/C21H24Br3NO/c1-20(2,3)13-7-12(19(26)15(8-13)21(4,5)6)11-25-18-16(23)9-14(22)10-17(18)24/h7-11,26H,1-6H3. The van der Waals surface area contributed by atoms with Gasteiger partial charge in [0, 0.05) is 30.8 Å². The van der Waals surface area contributed by atoms with Gasteiger partial charge in [-0.3, -0.25) is 4.99 Å². The molecule has 2 aromatic carbocycles. The van der Waals surface area contributed by atoms with Gasteiger partial charge in [0.2, 0.25) is 0 Å². The largest absolute Gasteiger partial charge is 0.507 e. The van der Waals surface area contributed by atoms with Crippen LogP contribution >= 0.6 is 47.8 Å². The molecule has 0 aliphatic carbocycles. The van der Waals surface area contributed by atoms with Crippen molar-refractivity contribution in [3.8, 4) is 5.75 Å². The molecule has 0 heterocycles. The van der Waals surface area contributed by atoms with Gasteiger partial charge in [0.15, 0.2) is 0 Å². The smallest absolute Gasteiger partial charge is 0.128 e. The highest BCUT2D eigenvalue weighted by Gasteiger charge is 2.24. The molecule has 0 saturated carbocycles. The van der Waals surface area contributed by atoms with E-state index in [9.17, 15) is 5.11 Å². The van der Waals surface area contributed by atoms with Crippen LogP contribution in [0.1, 0.15) is 58.2 Å². The van der Waals surface area contributed by atoms with Gasteiger partial charge >= 0.3 is 0 Å². The van der Waals surface area contributed by atoms with Crippen LogP contribution in [0.5, 0.6) is 5.75 Å². The van der Waals surface area contributed by atoms with E-state index in [1.807, 2.05) is 18.2 Å². The van der Waals surface area contributed by atoms with Crippen LogP contribution in [0.4, 0.5) is 5.69 Å². The summed E-state index contributed by atoms with van der Waals surface area (Å²) in [4.78, 5) is 4.62. The third-order valence-electron chi connectivity index (χ3n) is 4.13. The summed E-state index contributed by atoms with van der Waals surface area (Å²) in [5.74, 6) is 0.290. The summed E-state index contributed by atoms with van der Waals surface area (Å²) < 4.78 is 2.71. The second-order valence-electron chi connectivity index (χ2n) is 8.44. The van der Waals surface area contributed by atoms with Crippen LogP contribution in [0.15, 0.2) is 42.7 Å². The number of aromatic hydroxyl groups is 1. The molecule has 0 saturated heterocycles. The number of hydrogen-bond acceptors (Lipinski definition) is 2. The van der Waals surface area contributed by atoms with Crippen molar-refractivity contribution in [3.05, 3.63) is 54.4 Å². The molecule has 0 bridgehead atoms. The first kappa shape index (κ1) is 21.6. The third kappa shape index (κ3) is 4.99. The number of rotatable bonds is 2. The van der Waals surface area contributed by atoms with E-state index in [2.05, 4.69) is 100 Å². The summed E-state index contributed by atoms with van der Waals surface area (Å²) in [6.07, 6.45) is 1.73. The van der Waals surface area contributed by atoms with Gasteiger partial charge in [-0.1, -0.05) is 63.5 Å². The maximum Gasteiger partial charge on any atom is 0.128 e. The average Bonchev–Trinajstić information content (AvgIpc) is 2.45. The van der Waals surface area contributed by atoms with Gasteiger partial charge in [0.25, 0.3) is 0 Å². The Morgan fingerprint density at radius 2 is 1.38 bits per heavy atom. The second kappa shape index (κ2) is 7.76. The minimum absolute atomic E-state index is 0.0188. The van der Waals surface area contributed by atoms with E-state index in [4.69, 9.17) is 0 Å². The number of nitrogens with zero attached hydrogens (tertiary/aromatic N) is 1. The summed E-state index contributed by atoms with van der Waals surface area (Å²) in [6, 6.07) is 8.03. The molecule has 0 aromatic heterocycles. The Morgan fingerprint density at radius 3 is 1.85 bits per heavy atom. The summed E-state index contributed by atoms with van der Waals surface area (Å²) in [6.45, 7) is 12.9. The first-order chi connectivity index (χ1) is 11.8. The Balaban J connectivity index is 2.63. The lowest BCUT2D eigenvalue weighted by Gasteiger charge is -2.27. The zero-order chi connectivity index (χ0) is 19.9. The predicted octanol–water partition coefficient (Wildman–Crippen LogP) is 8.03. The summed E-state index contributed by atoms with van der Waals surface area (Å²) in [5, 5.41) is 10.9. The Morgan fingerprint density at radius 1 is 0.846 bits per heavy atom. The van der Waals surface area contributed by atoms with Gasteiger partial charge in [-0.25, -0.2) is 0 Å². The highest BCUT2D eigenvalue weighted by molar-refractivity contribution is 9.11. The van der Waals surface area contributed by atoms with Gasteiger partial charge < -0.3 is 5.11 Å². The molecule has 0 spiro atoms. The lowest BCUT2D eigenvalue weighted by Crippen LogP contribution is -2.17. The highest BCUT2D eigenvalue weighted by atomic mass is 79.9. The van der Waals surface area contributed by atoms with Gasteiger partial charge in [0.1, 0.15) is 5.75 Å². The molecule has 2 aromatic rings. The van der Waals surface area contributed by atoms with E-state index >= 15 is 0 Å². The van der Waals surface area contributed by atoms with E-state index in [0.29, 0.717) is 5.75 Å². The quantitative estimate of drug-likeness (QED) is 0.381. The van der Waals surface area contributed by atoms with Gasteiger partial charge in [-0.05, 0) is 66.5 Å². The van der Waals surface area contributed by atoms with E-state index in [1.54, 1.807) is 6.21 Å². The van der Waals surface area contributed by atoms with Crippen LogP contribution in [-0.2, 0) is 10.8 Å². The summed E-state index contributed by atoms with van der Waals surface area (Å²) >= 11 is 10.6. The Hall–Kier alpha value is -0.650. The molecule has 26 heavy (non-hydrogen) atoms. The average molecular weight is 546 g/mol. The molecule has 0 atom stereocenters. The van der Waals surface area contributed by atoms with Crippen molar-refractivity contribution in [2.24, 2.45) is 4.99 Å². The minimum atomic E-state index is -0.160. The van der Waals surface area contributed by atoms with E-state index < -0.39 is 0 Å². The van der Waals surface area contributed by atoms with Crippen LogP contribution in [0.2, 0.25) is 0 Å². The molecule has 5 heteroatoms. The fraction of sp³-hybridized carbons (Fsp3) is 0.381. The summed E-state index contributed by atoms with van der Waals surface area (Å²) in [5.41, 5.74) is 3.44. The maximum absolute atomic E-state index is 10.9. The number of hydrogen-bond donors (Lipinski definition) is 1. The first-order valence-electron chi connectivity index (χ1n) is 8.37. The fourth-order valence-electron chi connectivity index (χ4n) is 2.55. The number of benzene rings is 2. The van der Waals surface area contributed by atoms with Crippen LogP contribution in [-0.4, -0.2) is 11.3 Å². The van der Waals surface area contributed by atoms with Crippen LogP contribution in [0.3, 0.4) is 0 Å². The zero-order valence-corrected chi connectivity index (χ0v) is 20.7. The number of phenolic OH excluding ortho intramolecular Hbond substituents is 1. The van der Waals surface area contributed by atoms with Crippen molar-refractivity contribution in [2.45, 2.75) is 52.4 Å². The van der Waals surface area contributed by atoms with Gasteiger partial charge in [-0.2, -0.15) is 0 Å². The fourth-order valence-corrected chi connectivity index (χ4v) is 5.02. The zero-order valence-electron chi connectivity index (χ0n) is 15.9. The molecule has 2 rings (SSSR count). The van der Waals surface area contributed by atoms with Crippen LogP contribution < -0.4 is 0 Å². The lowest BCUT2D eigenvalue weighted by atomic mass is 9.79. The molecule has 0 amide bonds. The van der Waals surface area contributed by atoms with Crippen molar-refractivity contribution in [1.82, 2.24) is 0 Å². The Labute approximate surface area is 181 Å². The normalized spacial score (nSPS) is 12.8. The predicted molar refractivity (Wildman–Crippen MR) is 122 cm³/mol. The second-order valence-corrected chi connectivity index (χ2v) is 11.1. The molecule has 1 N–H and O–H groups in total. The minimum Gasteiger partial charge on any atom is -0.507 e. The molecule has 0 radical (unpaired) electrons. The topological polar surface area (TPSA) is 32.6 Å². The van der Waals surface area contributed by atoms with Crippen molar-refractivity contribution in [3.63, 3.8) is 0 Å². The van der Waals surface area contributed by atoms with Gasteiger partial charge in [0.05, 0.1) is 5.69 Å². The van der Waals surface area contributed by atoms with E-state index in [-0.39, 0.29) is 10.8 Å². The van der Waals surface area contributed by atoms with Crippen molar-refractivity contribution >= 4 is 59.7 Å². The van der Waals surface area contributed by atoms with Crippen molar-refractivity contribution in [2.75, 3.05) is 0 Å². The SMILES string of the molecule is CC(C)(C)c1cc(C=Nc2c(Br)cc(Br)cc2Br)c(O)c(C(C)(C)C)c1. The van der Waals surface area contributed by atoms with E-state index in [1.165, 1.54) is 5.56 Å². The summed E-state index contributed by atoms with van der Waals surface area (Å²) in [7, 11) is 0. The number of halogens is 3. The molecule has 2 nitrogen and oxygen atoms in total. The molecular weight excluding hydrogens is 522 g/mol. The third-order valence-corrected chi connectivity index (χ3v) is 5.79. The number of aliphatic imine (C=N–C) groups is 1. The van der Waals surface area contributed by atoms with Crippen molar-refractivity contribution in [1.29, 1.82) is 0 Å². The monoisotopic (exact) mass is 543 g/mol. The molecular formula is C21H24Br3NO. The van der Waals surface area contributed by atoms with Crippen molar-refractivity contribution < 1.29 is 5.11 Å². The molecule has 0 aliphatic heterocycles. The number of phenols is 1. The van der Waals surface area contributed by atoms with E-state index in [0.717, 1.165) is 30.2 Å². The Kier molecular flexibility index (Phi) is 6.46. The van der Waals surface area contributed by atoms with Crippen LogP contribution in [0.25, 0.3) is 0 Å². The maximum atomic E-state index is 10.9. The lowest BCUT2D eigenvalue weighted by molar-refractivity contribution is 0.444. The van der Waals surface area contributed by atoms with Crippen LogP contribution in [0, 0.1) is 0 Å². The first-order valence-corrected chi connectivity index (χ1v) is 10.7. The Bertz CT molecular complexity index is 836. The molecule has 140 valence electrons. The highest BCUT2D eigenvalue weighted by Crippen LogP contribution is 2.39. The molecule has 0 unspecified atom stereocenters.